The Morgan fingerprint density at radius 3 is 1.77 bits per heavy atom. The Morgan fingerprint density at radius 2 is 1.29 bits per heavy atom. The van der Waals surface area contributed by atoms with Gasteiger partial charge in [0, 0.05) is 13.7 Å². The smallest absolute Gasteiger partial charge is 0.353 e. The first-order chi connectivity index (χ1) is 16.6. The largest absolute Gasteiger partial charge is 0.384 e. The van der Waals surface area contributed by atoms with Gasteiger partial charge in [0.05, 0.1) is 5.56 Å². The molecule has 1 aliphatic carbocycles. The van der Waals surface area contributed by atoms with Gasteiger partial charge in [-0.2, -0.15) is 8.78 Å². The van der Waals surface area contributed by atoms with Crippen molar-refractivity contribution in [3.8, 4) is 22.3 Å². The molecule has 3 aromatic rings. The summed E-state index contributed by atoms with van der Waals surface area (Å²) < 4.78 is 89.8. The van der Waals surface area contributed by atoms with Gasteiger partial charge in [-0.3, -0.25) is 0 Å². The Morgan fingerprint density at radius 1 is 0.771 bits per heavy atom. The molecule has 35 heavy (non-hydrogen) atoms. The predicted molar refractivity (Wildman–Crippen MR) is 123 cm³/mol. The number of rotatable bonds is 6. The first-order valence-electron chi connectivity index (χ1n) is 11.2. The molecule has 0 spiro atoms. The van der Waals surface area contributed by atoms with Crippen molar-refractivity contribution in [1.82, 2.24) is 0 Å². The van der Waals surface area contributed by atoms with Crippen molar-refractivity contribution >= 4 is 11.6 Å². The van der Waals surface area contributed by atoms with Crippen LogP contribution in [-0.4, -0.2) is 13.7 Å². The summed E-state index contributed by atoms with van der Waals surface area (Å²) in [5, 5.41) is -4.19. The fraction of sp³-hybridized carbons (Fsp3) is 0.333. The van der Waals surface area contributed by atoms with Crippen LogP contribution in [0.2, 0.25) is 0 Å². The van der Waals surface area contributed by atoms with Gasteiger partial charge in [-0.15, -0.1) is 0 Å². The maximum atomic E-state index is 15.0. The zero-order chi connectivity index (χ0) is 25.3. The molecule has 1 aliphatic rings. The van der Waals surface area contributed by atoms with Crippen LogP contribution in [-0.2, 0) is 10.1 Å². The van der Waals surface area contributed by atoms with Crippen molar-refractivity contribution in [2.75, 3.05) is 13.7 Å². The van der Waals surface area contributed by atoms with E-state index in [0.29, 0.717) is 18.1 Å². The molecular formula is C27H23ClF6O. The van der Waals surface area contributed by atoms with Gasteiger partial charge in [-0.25, -0.2) is 17.6 Å². The fourth-order valence-electron chi connectivity index (χ4n) is 4.84. The molecule has 1 fully saturated rings. The number of hydrogen-bond acceptors (Lipinski definition) is 1. The molecule has 0 amide bonds. The third-order valence-corrected chi connectivity index (χ3v) is 6.81. The lowest BCUT2D eigenvalue weighted by Crippen LogP contribution is -2.17. The molecule has 0 N–H and O–H groups in total. The van der Waals surface area contributed by atoms with E-state index >= 15 is 0 Å². The average Bonchev–Trinajstić information content (AvgIpc) is 2.78. The number of ether oxygens (including phenoxy) is 1. The van der Waals surface area contributed by atoms with Gasteiger partial charge in [0.1, 0.15) is 28.8 Å². The van der Waals surface area contributed by atoms with Crippen LogP contribution in [0.1, 0.15) is 42.7 Å². The van der Waals surface area contributed by atoms with Gasteiger partial charge in [-0.05, 0) is 95.6 Å². The molecule has 0 radical (unpaired) electrons. The molecular weight excluding hydrogens is 490 g/mol. The normalized spacial score (nSPS) is 18.6. The van der Waals surface area contributed by atoms with E-state index in [0.717, 1.165) is 37.8 Å². The molecule has 0 saturated heterocycles. The average molecular weight is 513 g/mol. The van der Waals surface area contributed by atoms with E-state index in [1.54, 1.807) is 7.11 Å². The third-order valence-electron chi connectivity index (χ3n) is 6.62. The van der Waals surface area contributed by atoms with Crippen LogP contribution in [0.4, 0.5) is 26.3 Å². The highest BCUT2D eigenvalue weighted by atomic mass is 35.5. The van der Waals surface area contributed by atoms with Crippen LogP contribution in [0.3, 0.4) is 0 Å². The van der Waals surface area contributed by atoms with Crippen LogP contribution in [0.25, 0.3) is 22.3 Å². The summed E-state index contributed by atoms with van der Waals surface area (Å²) in [6.45, 7) is 0.687. The van der Waals surface area contributed by atoms with Gasteiger partial charge < -0.3 is 4.74 Å². The Labute approximate surface area is 204 Å². The van der Waals surface area contributed by atoms with Crippen molar-refractivity contribution in [2.24, 2.45) is 5.92 Å². The highest BCUT2D eigenvalue weighted by molar-refractivity contribution is 6.21. The molecule has 0 heterocycles. The summed E-state index contributed by atoms with van der Waals surface area (Å²) in [4.78, 5) is 0. The van der Waals surface area contributed by atoms with Gasteiger partial charge >= 0.3 is 5.38 Å². The summed E-state index contributed by atoms with van der Waals surface area (Å²) in [7, 11) is 1.66. The van der Waals surface area contributed by atoms with Crippen molar-refractivity contribution in [3.05, 3.63) is 82.9 Å². The second kappa shape index (κ2) is 10.2. The van der Waals surface area contributed by atoms with Crippen molar-refractivity contribution in [1.29, 1.82) is 0 Å². The maximum absolute atomic E-state index is 15.0. The van der Waals surface area contributed by atoms with E-state index in [4.69, 9.17) is 16.3 Å². The highest BCUT2D eigenvalue weighted by Gasteiger charge is 2.35. The lowest BCUT2D eigenvalue weighted by Gasteiger charge is -2.28. The molecule has 186 valence electrons. The first kappa shape index (κ1) is 25.6. The Balaban J connectivity index is 1.57. The monoisotopic (exact) mass is 512 g/mol. The lowest BCUT2D eigenvalue weighted by molar-refractivity contribution is 0.0859. The summed E-state index contributed by atoms with van der Waals surface area (Å²) in [6, 6.07) is 9.84. The number of alkyl halides is 3. The minimum atomic E-state index is -4.19. The second-order valence-corrected chi connectivity index (χ2v) is 9.40. The zero-order valence-electron chi connectivity index (χ0n) is 18.9. The number of benzene rings is 3. The number of hydrogen-bond donors (Lipinski definition) is 0. The Hall–Kier alpha value is -2.51. The maximum Gasteiger partial charge on any atom is 0.353 e. The Kier molecular flexibility index (Phi) is 7.48. The summed E-state index contributed by atoms with van der Waals surface area (Å²) in [6.07, 6.45) is 3.55. The van der Waals surface area contributed by atoms with Gasteiger partial charge in [0.25, 0.3) is 0 Å². The van der Waals surface area contributed by atoms with E-state index in [1.807, 2.05) is 0 Å². The summed E-state index contributed by atoms with van der Waals surface area (Å²) in [5.74, 6) is -3.83. The topological polar surface area (TPSA) is 9.23 Å². The van der Waals surface area contributed by atoms with Crippen LogP contribution < -0.4 is 0 Å². The van der Waals surface area contributed by atoms with Crippen LogP contribution in [0.5, 0.6) is 0 Å². The molecule has 3 aromatic carbocycles. The van der Waals surface area contributed by atoms with E-state index in [9.17, 15) is 26.3 Å². The molecule has 1 saturated carbocycles. The minimum Gasteiger partial charge on any atom is -0.384 e. The van der Waals surface area contributed by atoms with Crippen LogP contribution in [0, 0.1) is 29.2 Å². The van der Waals surface area contributed by atoms with Crippen molar-refractivity contribution < 1.29 is 31.1 Å². The zero-order valence-corrected chi connectivity index (χ0v) is 19.6. The third kappa shape index (κ3) is 5.51. The van der Waals surface area contributed by atoms with Gasteiger partial charge in [-0.1, -0.05) is 24.3 Å². The van der Waals surface area contributed by atoms with E-state index in [-0.39, 0.29) is 28.2 Å². The van der Waals surface area contributed by atoms with E-state index in [2.05, 4.69) is 0 Å². The molecule has 0 unspecified atom stereocenters. The number of methoxy groups -OCH3 is 1. The lowest BCUT2D eigenvalue weighted by atomic mass is 9.78. The van der Waals surface area contributed by atoms with Crippen molar-refractivity contribution in [3.63, 3.8) is 0 Å². The highest BCUT2D eigenvalue weighted by Crippen LogP contribution is 2.40. The van der Waals surface area contributed by atoms with Crippen molar-refractivity contribution in [2.45, 2.75) is 37.0 Å². The van der Waals surface area contributed by atoms with E-state index < -0.39 is 34.2 Å². The molecule has 4 rings (SSSR count). The quantitative estimate of drug-likeness (QED) is 0.237. The summed E-state index contributed by atoms with van der Waals surface area (Å²) >= 11 is 4.78. The van der Waals surface area contributed by atoms with Crippen LogP contribution in [0.15, 0.2) is 48.5 Å². The standard InChI is InChI=1S/C27H23ClF6O/c1-35-14-15-2-4-16(5-3-15)19-10-21(29)25(22(30)11-19)18-8-6-17(7-9-18)20-12-23(31)26(24(32)13-20)27(28,33)34/h6-13,15-16H,2-5,14H2,1H3. The molecule has 0 atom stereocenters. The van der Waals surface area contributed by atoms with Gasteiger partial charge in [0.2, 0.25) is 0 Å². The molecule has 0 aliphatic heterocycles. The predicted octanol–water partition coefficient (Wildman–Crippen LogP) is 8.79. The second-order valence-electron chi connectivity index (χ2n) is 8.92. The fourth-order valence-corrected chi connectivity index (χ4v) is 5.02. The summed E-state index contributed by atoms with van der Waals surface area (Å²) in [5.41, 5.74) is -0.612. The molecule has 8 heteroatoms. The Bertz CT molecular complexity index is 1150. The minimum absolute atomic E-state index is 0.0171. The SMILES string of the molecule is COCC1CCC(c2cc(F)c(-c3ccc(-c4cc(F)c(C(F)(F)Cl)c(F)c4)cc3)c(F)c2)CC1. The van der Waals surface area contributed by atoms with E-state index in [1.165, 1.54) is 36.4 Å². The molecule has 0 bridgehead atoms. The molecule has 0 aromatic heterocycles. The number of halogens is 7. The van der Waals surface area contributed by atoms with Gasteiger partial charge in [0.15, 0.2) is 0 Å². The van der Waals surface area contributed by atoms with Crippen LogP contribution >= 0.6 is 11.6 Å². The molecule has 1 nitrogen and oxygen atoms in total. The first-order valence-corrected chi connectivity index (χ1v) is 11.6.